The third-order valence-electron chi connectivity index (χ3n) is 4.31. The highest BCUT2D eigenvalue weighted by Gasteiger charge is 2.30. The quantitative estimate of drug-likeness (QED) is 0.619. The van der Waals surface area contributed by atoms with Crippen LogP contribution in [-0.4, -0.2) is 24.1 Å². The lowest BCUT2D eigenvalue weighted by molar-refractivity contribution is -0.137. The molecule has 0 radical (unpaired) electrons. The van der Waals surface area contributed by atoms with Crippen molar-refractivity contribution in [2.24, 2.45) is 0 Å². The zero-order valence-electron chi connectivity index (χ0n) is 15.5. The lowest BCUT2D eigenvalue weighted by Crippen LogP contribution is -2.30. The van der Waals surface area contributed by atoms with Crippen LogP contribution in [-0.2, 0) is 23.9 Å². The highest BCUT2D eigenvalue weighted by atomic mass is 19.4. The van der Waals surface area contributed by atoms with Gasteiger partial charge in [-0.25, -0.2) is 4.79 Å². The summed E-state index contributed by atoms with van der Waals surface area (Å²) < 4.78 is 43.9. The molecule has 27 heavy (non-hydrogen) atoms. The highest BCUT2D eigenvalue weighted by Crippen LogP contribution is 2.29. The van der Waals surface area contributed by atoms with Crippen LogP contribution in [0.5, 0.6) is 0 Å². The minimum absolute atomic E-state index is 0.342. The summed E-state index contributed by atoms with van der Waals surface area (Å²) in [7, 11) is 1.66. The number of hydrogen-bond donors (Lipinski definition) is 0. The molecule has 0 saturated heterocycles. The maximum absolute atomic E-state index is 12.8. The number of aryl methyl sites for hydroxylation is 1. The molecule has 3 nitrogen and oxygen atoms in total. The van der Waals surface area contributed by atoms with Gasteiger partial charge >= 0.3 is 12.3 Å². The van der Waals surface area contributed by atoms with E-state index in [1.54, 1.807) is 13.1 Å². The average molecular weight is 379 g/mol. The molecule has 0 fully saturated rings. The van der Waals surface area contributed by atoms with E-state index in [2.05, 4.69) is 0 Å². The molecule has 0 heterocycles. The van der Waals surface area contributed by atoms with Gasteiger partial charge in [-0.2, -0.15) is 13.2 Å². The fourth-order valence-corrected chi connectivity index (χ4v) is 2.73. The Morgan fingerprint density at radius 1 is 1.07 bits per heavy atom. The van der Waals surface area contributed by atoms with Crippen LogP contribution in [0.3, 0.4) is 0 Å². The third kappa shape index (κ3) is 6.62. The molecular formula is C21H24F3NO2. The van der Waals surface area contributed by atoms with Crippen LogP contribution in [0.1, 0.15) is 36.5 Å². The van der Waals surface area contributed by atoms with E-state index in [4.69, 9.17) is 4.74 Å². The second-order valence-corrected chi connectivity index (χ2v) is 6.49. The van der Waals surface area contributed by atoms with E-state index in [-0.39, 0.29) is 6.10 Å². The fourth-order valence-electron chi connectivity index (χ4n) is 2.73. The van der Waals surface area contributed by atoms with Gasteiger partial charge in [-0.05, 0) is 36.5 Å². The standard InChI is InChI=1S/C21H24F3NO2/c1-3-19(13-12-16-10-7-11-18(14-16)21(22,23)24)27-20(26)25(2)15-17-8-5-4-6-9-17/h4-11,14,19H,3,12-13,15H2,1-2H3. The topological polar surface area (TPSA) is 29.5 Å². The van der Waals surface area contributed by atoms with Crippen LogP contribution in [0.4, 0.5) is 18.0 Å². The van der Waals surface area contributed by atoms with Crippen molar-refractivity contribution in [2.45, 2.75) is 45.0 Å². The molecule has 0 bridgehead atoms. The van der Waals surface area contributed by atoms with Crippen LogP contribution in [0, 0.1) is 0 Å². The first-order valence-corrected chi connectivity index (χ1v) is 8.91. The predicted octanol–water partition coefficient (Wildman–Crippen LogP) is 5.69. The Kier molecular flexibility index (Phi) is 7.28. The molecule has 2 aromatic rings. The van der Waals surface area contributed by atoms with Gasteiger partial charge < -0.3 is 9.64 Å². The fraction of sp³-hybridized carbons (Fsp3) is 0.381. The van der Waals surface area contributed by atoms with Crippen molar-refractivity contribution in [1.82, 2.24) is 4.90 Å². The van der Waals surface area contributed by atoms with Crippen LogP contribution in [0.2, 0.25) is 0 Å². The van der Waals surface area contributed by atoms with Crippen LogP contribution < -0.4 is 0 Å². The molecule has 0 aliphatic carbocycles. The van der Waals surface area contributed by atoms with Crippen molar-refractivity contribution in [3.8, 4) is 0 Å². The molecule has 1 amide bonds. The number of amides is 1. The van der Waals surface area contributed by atoms with Crippen molar-refractivity contribution < 1.29 is 22.7 Å². The molecule has 0 saturated carbocycles. The lowest BCUT2D eigenvalue weighted by Gasteiger charge is -2.22. The number of carbonyl (C=O) groups is 1. The number of hydrogen-bond acceptors (Lipinski definition) is 2. The Labute approximate surface area is 157 Å². The first kappa shape index (κ1) is 20.8. The smallest absolute Gasteiger partial charge is 0.416 e. The Balaban J connectivity index is 1.89. The van der Waals surface area contributed by atoms with Crippen molar-refractivity contribution >= 4 is 6.09 Å². The number of nitrogens with zero attached hydrogens (tertiary/aromatic N) is 1. The van der Waals surface area contributed by atoms with Gasteiger partial charge in [0.15, 0.2) is 0 Å². The number of alkyl halides is 3. The molecule has 0 aromatic heterocycles. The summed E-state index contributed by atoms with van der Waals surface area (Å²) in [6, 6.07) is 14.8. The molecule has 0 aliphatic heterocycles. The van der Waals surface area contributed by atoms with Crippen molar-refractivity contribution in [1.29, 1.82) is 0 Å². The highest BCUT2D eigenvalue weighted by molar-refractivity contribution is 5.67. The monoisotopic (exact) mass is 379 g/mol. The molecule has 6 heteroatoms. The van der Waals surface area contributed by atoms with Crippen LogP contribution in [0.15, 0.2) is 54.6 Å². The molecule has 0 N–H and O–H groups in total. The summed E-state index contributed by atoms with van der Waals surface area (Å²) in [5.74, 6) is 0. The normalized spacial score (nSPS) is 12.5. The lowest BCUT2D eigenvalue weighted by atomic mass is 10.0. The Morgan fingerprint density at radius 3 is 2.37 bits per heavy atom. The van der Waals surface area contributed by atoms with Gasteiger partial charge in [0.1, 0.15) is 6.10 Å². The second kappa shape index (κ2) is 9.44. The van der Waals surface area contributed by atoms with E-state index in [1.165, 1.54) is 11.0 Å². The molecule has 2 rings (SSSR count). The number of ether oxygens (including phenoxy) is 1. The van der Waals surface area contributed by atoms with Gasteiger partial charge in [0.25, 0.3) is 0 Å². The minimum atomic E-state index is -4.35. The Morgan fingerprint density at radius 2 is 1.74 bits per heavy atom. The van der Waals surface area contributed by atoms with E-state index in [0.717, 1.165) is 17.7 Å². The number of carbonyl (C=O) groups excluding carboxylic acids is 1. The van der Waals surface area contributed by atoms with E-state index in [9.17, 15) is 18.0 Å². The number of rotatable bonds is 7. The summed E-state index contributed by atoms with van der Waals surface area (Å²) >= 11 is 0. The maximum atomic E-state index is 12.8. The van der Waals surface area contributed by atoms with Crippen LogP contribution in [0.25, 0.3) is 0 Å². The maximum Gasteiger partial charge on any atom is 0.416 e. The molecule has 1 unspecified atom stereocenters. The zero-order chi connectivity index (χ0) is 19.9. The van der Waals surface area contributed by atoms with Gasteiger partial charge in [0.2, 0.25) is 0 Å². The Bertz CT molecular complexity index is 732. The largest absolute Gasteiger partial charge is 0.446 e. The number of halogens is 3. The average Bonchev–Trinajstić information content (AvgIpc) is 2.65. The Hall–Kier alpha value is -2.50. The van der Waals surface area contributed by atoms with Gasteiger partial charge in [-0.15, -0.1) is 0 Å². The molecule has 0 spiro atoms. The zero-order valence-corrected chi connectivity index (χ0v) is 15.5. The van der Waals surface area contributed by atoms with E-state index < -0.39 is 17.8 Å². The first-order valence-electron chi connectivity index (χ1n) is 8.91. The van der Waals surface area contributed by atoms with Gasteiger partial charge in [-0.3, -0.25) is 0 Å². The summed E-state index contributed by atoms with van der Waals surface area (Å²) in [5, 5.41) is 0. The van der Waals surface area contributed by atoms with Crippen molar-refractivity contribution in [2.75, 3.05) is 7.05 Å². The first-order chi connectivity index (χ1) is 12.8. The van der Waals surface area contributed by atoms with Gasteiger partial charge in [0, 0.05) is 13.6 Å². The molecular weight excluding hydrogens is 355 g/mol. The minimum Gasteiger partial charge on any atom is -0.446 e. The molecule has 0 aliphatic rings. The molecule has 2 aromatic carbocycles. The summed E-state index contributed by atoms with van der Waals surface area (Å²) in [6.07, 6.45) is -3.64. The van der Waals surface area contributed by atoms with E-state index in [0.29, 0.717) is 31.4 Å². The van der Waals surface area contributed by atoms with Crippen molar-refractivity contribution in [3.05, 3.63) is 71.3 Å². The van der Waals surface area contributed by atoms with Gasteiger partial charge in [-0.1, -0.05) is 55.5 Å². The van der Waals surface area contributed by atoms with Crippen LogP contribution >= 0.6 is 0 Å². The molecule has 146 valence electrons. The third-order valence-corrected chi connectivity index (χ3v) is 4.31. The van der Waals surface area contributed by atoms with E-state index >= 15 is 0 Å². The van der Waals surface area contributed by atoms with Gasteiger partial charge in [0.05, 0.1) is 5.56 Å². The molecule has 1 atom stereocenters. The predicted molar refractivity (Wildman–Crippen MR) is 98.2 cm³/mol. The number of benzene rings is 2. The SMILES string of the molecule is CCC(CCc1cccc(C(F)(F)F)c1)OC(=O)N(C)Cc1ccccc1. The van der Waals surface area contributed by atoms with E-state index in [1.807, 2.05) is 37.3 Å². The summed E-state index contributed by atoms with van der Waals surface area (Å²) in [6.45, 7) is 2.32. The summed E-state index contributed by atoms with van der Waals surface area (Å²) in [4.78, 5) is 13.8. The van der Waals surface area contributed by atoms with Crippen molar-refractivity contribution in [3.63, 3.8) is 0 Å². The second-order valence-electron chi connectivity index (χ2n) is 6.49. The summed E-state index contributed by atoms with van der Waals surface area (Å²) in [5.41, 5.74) is 0.915.